The Balaban J connectivity index is 0.00000481. The molecule has 0 amide bonds. The number of carbonyl (C=O) groups is 2. The minimum absolute atomic E-state index is 0. The topological polar surface area (TPSA) is 117 Å². The van der Waals surface area contributed by atoms with Crippen molar-refractivity contribution >= 4 is 36.1 Å². The molecule has 1 aliphatic heterocycles. The molecule has 3 rings (SSSR count). The van der Waals surface area contributed by atoms with Gasteiger partial charge in [0.15, 0.2) is 0 Å². The molecule has 10 heteroatoms. The maximum Gasteiger partial charge on any atom is 0.337 e. The fraction of sp³-hybridized carbons (Fsp3) is 0.259. The molecule has 0 fully saturated rings. The summed E-state index contributed by atoms with van der Waals surface area (Å²) in [4.78, 5) is 37.3. The lowest BCUT2D eigenvalue weighted by Gasteiger charge is -2.30. The van der Waals surface area contributed by atoms with Crippen molar-refractivity contribution < 1.29 is 28.7 Å². The number of dihydropyridines is 1. The molecular weight excluding hydrogens is 500 g/mol. The number of hydrogen-bond donors (Lipinski definition) is 1. The molecule has 1 aliphatic rings. The van der Waals surface area contributed by atoms with E-state index in [1.165, 1.54) is 25.3 Å². The molecule has 0 radical (unpaired) electrons. The predicted octanol–water partition coefficient (Wildman–Crippen LogP) is 4.70. The summed E-state index contributed by atoms with van der Waals surface area (Å²) >= 11 is 0. The molecule has 196 valence electrons. The minimum atomic E-state index is -0.924. The minimum Gasteiger partial charge on any atom is -0.460 e. The highest BCUT2D eigenvalue weighted by Crippen LogP contribution is 2.40. The van der Waals surface area contributed by atoms with E-state index in [-0.39, 0.29) is 49.1 Å². The van der Waals surface area contributed by atoms with E-state index < -0.39 is 22.8 Å². The number of benzene rings is 2. The maximum atomic E-state index is 13.3. The third kappa shape index (κ3) is 7.52. The van der Waals surface area contributed by atoms with Crippen LogP contribution in [0.1, 0.15) is 30.9 Å². The first-order valence-corrected chi connectivity index (χ1v) is 11.3. The first kappa shape index (κ1) is 29.3. The predicted molar refractivity (Wildman–Crippen MR) is 141 cm³/mol. The van der Waals surface area contributed by atoms with Gasteiger partial charge in [0.05, 0.1) is 28.6 Å². The number of ether oxygens (including phenoxy) is 3. The first-order chi connectivity index (χ1) is 17.3. The van der Waals surface area contributed by atoms with Crippen molar-refractivity contribution in [3.63, 3.8) is 0 Å². The first-order valence-electron chi connectivity index (χ1n) is 11.3. The molecule has 0 aromatic heterocycles. The van der Waals surface area contributed by atoms with Crippen molar-refractivity contribution in [1.29, 1.82) is 0 Å². The van der Waals surface area contributed by atoms with Gasteiger partial charge in [0, 0.05) is 30.6 Å². The zero-order valence-electron chi connectivity index (χ0n) is 20.8. The van der Waals surface area contributed by atoms with Gasteiger partial charge in [-0.15, -0.1) is 12.4 Å². The largest absolute Gasteiger partial charge is 0.460 e. The number of hydrogen-bond acceptors (Lipinski definition) is 8. The molecule has 1 N–H and O–H groups in total. The third-order valence-electron chi connectivity index (χ3n) is 5.56. The molecule has 9 nitrogen and oxygen atoms in total. The summed E-state index contributed by atoms with van der Waals surface area (Å²) in [6, 6.07) is 15.4. The lowest BCUT2D eigenvalue weighted by Crippen LogP contribution is -2.32. The summed E-state index contributed by atoms with van der Waals surface area (Å²) in [5, 5.41) is 14.5. The van der Waals surface area contributed by atoms with Gasteiger partial charge in [-0.05, 0) is 31.1 Å². The SMILES string of the molecule is COCCOC(=O)C1=C(C)NC(C)=C(C(=O)OC/C=C/c2ccccc2)C1c1cccc([N+](=O)[O-])c1.Cl. The standard InChI is InChI=1S/C27H28N2O7.ClH/c1-18-23(26(30)35-14-8-11-20-9-5-4-6-10-20)25(21-12-7-13-22(17-21)29(32)33)24(19(2)28-18)27(31)36-16-15-34-3;/h4-13,17,25,28H,14-16H2,1-3H3;1H/b11-8+;. The van der Waals surface area contributed by atoms with Gasteiger partial charge in [-0.25, -0.2) is 9.59 Å². The molecule has 0 aliphatic carbocycles. The number of nitro groups is 1. The van der Waals surface area contributed by atoms with Crippen LogP contribution in [0.5, 0.6) is 0 Å². The van der Waals surface area contributed by atoms with Crippen LogP contribution in [0.3, 0.4) is 0 Å². The van der Waals surface area contributed by atoms with Gasteiger partial charge in [-0.1, -0.05) is 48.5 Å². The summed E-state index contributed by atoms with van der Waals surface area (Å²) in [6.07, 6.45) is 3.54. The molecule has 1 heterocycles. The van der Waals surface area contributed by atoms with Crippen molar-refractivity contribution in [3.05, 3.63) is 104 Å². The number of halogens is 1. The second kappa shape index (κ2) is 14.0. The smallest absolute Gasteiger partial charge is 0.337 e. The van der Waals surface area contributed by atoms with Crippen LogP contribution in [0.2, 0.25) is 0 Å². The van der Waals surface area contributed by atoms with E-state index in [1.54, 1.807) is 26.0 Å². The van der Waals surface area contributed by atoms with Gasteiger partial charge in [-0.3, -0.25) is 10.1 Å². The number of carbonyl (C=O) groups excluding carboxylic acids is 2. The van der Waals surface area contributed by atoms with E-state index in [0.717, 1.165) is 5.56 Å². The van der Waals surface area contributed by atoms with E-state index in [0.29, 0.717) is 17.0 Å². The fourth-order valence-corrected chi connectivity index (χ4v) is 3.93. The van der Waals surface area contributed by atoms with Crippen LogP contribution in [0.25, 0.3) is 6.08 Å². The van der Waals surface area contributed by atoms with E-state index in [4.69, 9.17) is 14.2 Å². The summed E-state index contributed by atoms with van der Waals surface area (Å²) in [5.74, 6) is -2.23. The maximum absolute atomic E-state index is 13.3. The molecule has 2 aromatic carbocycles. The number of nitrogens with zero attached hydrogens (tertiary/aromatic N) is 1. The van der Waals surface area contributed by atoms with Gasteiger partial charge in [-0.2, -0.15) is 0 Å². The van der Waals surface area contributed by atoms with Gasteiger partial charge in [0.25, 0.3) is 5.69 Å². The quantitative estimate of drug-likeness (QED) is 0.204. The number of rotatable bonds is 10. The van der Waals surface area contributed by atoms with E-state index in [9.17, 15) is 19.7 Å². The van der Waals surface area contributed by atoms with Crippen LogP contribution in [-0.4, -0.2) is 43.8 Å². The Hall–Kier alpha value is -3.95. The fourth-order valence-electron chi connectivity index (χ4n) is 3.93. The second-order valence-corrected chi connectivity index (χ2v) is 8.03. The summed E-state index contributed by atoms with van der Waals surface area (Å²) in [6.45, 7) is 3.59. The molecular formula is C27H29ClN2O7. The lowest BCUT2D eigenvalue weighted by molar-refractivity contribution is -0.384. The van der Waals surface area contributed by atoms with Gasteiger partial charge >= 0.3 is 11.9 Å². The molecule has 0 saturated heterocycles. The van der Waals surface area contributed by atoms with Crippen LogP contribution in [0.15, 0.2) is 83.2 Å². The van der Waals surface area contributed by atoms with Crippen LogP contribution in [0.4, 0.5) is 5.69 Å². The number of nitro benzene ring substituents is 1. The van der Waals surface area contributed by atoms with Crippen molar-refractivity contribution in [2.45, 2.75) is 19.8 Å². The Bertz CT molecular complexity index is 1220. The number of allylic oxidation sites excluding steroid dienone is 2. The molecule has 2 aromatic rings. The van der Waals surface area contributed by atoms with Crippen LogP contribution >= 0.6 is 12.4 Å². The van der Waals surface area contributed by atoms with Gasteiger partial charge < -0.3 is 19.5 Å². The van der Waals surface area contributed by atoms with Gasteiger partial charge in [0.2, 0.25) is 0 Å². The molecule has 0 spiro atoms. The van der Waals surface area contributed by atoms with E-state index >= 15 is 0 Å². The van der Waals surface area contributed by atoms with Crippen molar-refractivity contribution in [3.8, 4) is 0 Å². The lowest BCUT2D eigenvalue weighted by atomic mass is 9.80. The summed E-state index contributed by atoms with van der Waals surface area (Å²) < 4.78 is 15.8. The number of nitrogens with one attached hydrogen (secondary N) is 1. The van der Waals surface area contributed by atoms with Gasteiger partial charge in [0.1, 0.15) is 13.2 Å². The zero-order chi connectivity index (χ0) is 26.1. The van der Waals surface area contributed by atoms with Crippen LogP contribution in [-0.2, 0) is 23.8 Å². The molecule has 0 saturated carbocycles. The monoisotopic (exact) mass is 528 g/mol. The summed E-state index contributed by atoms with van der Waals surface area (Å²) in [7, 11) is 1.48. The Labute approximate surface area is 221 Å². The average Bonchev–Trinajstić information content (AvgIpc) is 2.86. The zero-order valence-corrected chi connectivity index (χ0v) is 21.6. The van der Waals surface area contributed by atoms with E-state index in [2.05, 4.69) is 5.32 Å². The van der Waals surface area contributed by atoms with E-state index in [1.807, 2.05) is 36.4 Å². The number of non-ortho nitro benzene ring substituents is 1. The molecule has 1 unspecified atom stereocenters. The van der Waals surface area contributed by atoms with Crippen LogP contribution in [0, 0.1) is 10.1 Å². The second-order valence-electron chi connectivity index (χ2n) is 8.03. The normalized spacial score (nSPS) is 15.2. The number of esters is 2. The Morgan fingerprint density at radius 1 is 0.973 bits per heavy atom. The molecule has 37 heavy (non-hydrogen) atoms. The highest BCUT2D eigenvalue weighted by atomic mass is 35.5. The highest BCUT2D eigenvalue weighted by molar-refractivity contribution is 6.00. The third-order valence-corrected chi connectivity index (χ3v) is 5.56. The number of methoxy groups -OCH3 is 1. The Morgan fingerprint density at radius 3 is 2.24 bits per heavy atom. The Morgan fingerprint density at radius 2 is 1.62 bits per heavy atom. The summed E-state index contributed by atoms with van der Waals surface area (Å²) in [5.41, 5.74) is 2.50. The molecule has 0 bridgehead atoms. The highest BCUT2D eigenvalue weighted by Gasteiger charge is 2.38. The average molecular weight is 529 g/mol. The van der Waals surface area contributed by atoms with Crippen molar-refractivity contribution in [2.75, 3.05) is 26.9 Å². The van der Waals surface area contributed by atoms with Crippen LogP contribution < -0.4 is 5.32 Å². The van der Waals surface area contributed by atoms with Crippen molar-refractivity contribution in [1.82, 2.24) is 5.32 Å². The molecule has 1 atom stereocenters. The Kier molecular flexibility index (Phi) is 11.0. The van der Waals surface area contributed by atoms with Crippen molar-refractivity contribution in [2.24, 2.45) is 0 Å².